The van der Waals surface area contributed by atoms with Gasteiger partial charge in [0, 0.05) is 18.7 Å². The number of amides is 1. The summed E-state index contributed by atoms with van der Waals surface area (Å²) in [7, 11) is 1.64. The number of carbonyl (C=O) groups is 1. The molecule has 0 aliphatic heterocycles. The molecule has 3 heteroatoms. The number of nitrogens with one attached hydrogen (secondary N) is 1. The van der Waals surface area contributed by atoms with Gasteiger partial charge >= 0.3 is 0 Å². The third-order valence-corrected chi connectivity index (χ3v) is 1.51. The molecular weight excluding hydrogens is 188 g/mol. The van der Waals surface area contributed by atoms with Crippen LogP contribution in [0.5, 0.6) is 0 Å². The van der Waals surface area contributed by atoms with Gasteiger partial charge in [0.25, 0.3) is 0 Å². The van der Waals surface area contributed by atoms with Gasteiger partial charge < -0.3 is 11.1 Å². The van der Waals surface area contributed by atoms with E-state index in [4.69, 9.17) is 5.73 Å². The summed E-state index contributed by atoms with van der Waals surface area (Å²) in [5.74, 6) is 0.648. The highest BCUT2D eigenvalue weighted by atomic mass is 16.1. The van der Waals surface area contributed by atoms with Crippen LogP contribution in [0.3, 0.4) is 0 Å². The Morgan fingerprint density at radius 2 is 1.40 bits per heavy atom. The van der Waals surface area contributed by atoms with Crippen molar-refractivity contribution in [3.8, 4) is 0 Å². The predicted octanol–water partition coefficient (Wildman–Crippen LogP) is 2.53. The number of nitrogens with two attached hydrogens (primary N) is 1. The fourth-order valence-corrected chi connectivity index (χ4v) is 0.289. The van der Waals surface area contributed by atoms with Crippen molar-refractivity contribution in [2.75, 3.05) is 7.05 Å². The Hall–Kier alpha value is -0.990. The third-order valence-electron chi connectivity index (χ3n) is 1.51. The molecular formula is C12H28N2O. The maximum atomic E-state index is 10.4. The summed E-state index contributed by atoms with van der Waals surface area (Å²) in [4.78, 5) is 10.4. The Morgan fingerprint density at radius 1 is 1.13 bits per heavy atom. The highest BCUT2D eigenvalue weighted by Gasteiger charge is 2.00. The summed E-state index contributed by atoms with van der Waals surface area (Å²) < 4.78 is 0. The molecule has 0 fully saturated rings. The lowest BCUT2D eigenvalue weighted by molar-refractivity contribution is -0.123. The minimum Gasteiger partial charge on any atom is -0.402 e. The van der Waals surface area contributed by atoms with Gasteiger partial charge in [-0.05, 0) is 5.92 Å². The largest absolute Gasteiger partial charge is 0.402 e. The van der Waals surface area contributed by atoms with Crippen molar-refractivity contribution in [3.63, 3.8) is 0 Å². The van der Waals surface area contributed by atoms with Gasteiger partial charge in [-0.15, -0.1) is 0 Å². The summed E-state index contributed by atoms with van der Waals surface area (Å²) in [5.41, 5.74) is 6.00. The molecule has 92 valence electrons. The first-order valence-corrected chi connectivity index (χ1v) is 5.48. The van der Waals surface area contributed by atoms with E-state index in [2.05, 4.69) is 11.9 Å². The molecule has 0 atom stereocenters. The molecule has 3 N–H and O–H groups in total. The zero-order chi connectivity index (χ0) is 13.0. The second-order valence-electron chi connectivity index (χ2n) is 3.50. The molecule has 0 aromatic heterocycles. The molecule has 0 aliphatic rings. The highest BCUT2D eigenvalue weighted by molar-refractivity contribution is 5.77. The Kier molecular flexibility index (Phi) is 17.0. The van der Waals surface area contributed by atoms with Crippen molar-refractivity contribution in [3.05, 3.63) is 12.3 Å². The van der Waals surface area contributed by atoms with Gasteiger partial charge in [-0.3, -0.25) is 4.79 Å². The van der Waals surface area contributed by atoms with Crippen LogP contribution in [0, 0.1) is 11.8 Å². The van der Waals surface area contributed by atoms with E-state index >= 15 is 0 Å². The number of rotatable bonds is 2. The van der Waals surface area contributed by atoms with E-state index in [-0.39, 0.29) is 11.8 Å². The van der Waals surface area contributed by atoms with E-state index in [0.717, 1.165) is 5.70 Å². The van der Waals surface area contributed by atoms with Crippen LogP contribution >= 0.6 is 0 Å². The number of hydrogen-bond donors (Lipinski definition) is 2. The number of carbonyl (C=O) groups excluding carboxylic acids is 1. The van der Waals surface area contributed by atoms with Gasteiger partial charge in [0.15, 0.2) is 0 Å². The lowest BCUT2D eigenvalue weighted by atomic mass is 10.2. The SMILES string of the molecule is C=C(N)C(C)C.CC.CNC(=O)C(C)C. The Bertz CT molecular complexity index is 163. The summed E-state index contributed by atoms with van der Waals surface area (Å²) >= 11 is 0. The normalized spacial score (nSPS) is 8.33. The van der Waals surface area contributed by atoms with E-state index in [1.54, 1.807) is 7.05 Å². The lowest BCUT2D eigenvalue weighted by Crippen LogP contribution is -2.22. The number of allylic oxidation sites excluding steroid dienone is 1. The zero-order valence-electron chi connectivity index (χ0n) is 11.3. The van der Waals surface area contributed by atoms with Crippen LogP contribution in [0.25, 0.3) is 0 Å². The van der Waals surface area contributed by atoms with E-state index < -0.39 is 0 Å². The fraction of sp³-hybridized carbons (Fsp3) is 0.750. The average Bonchev–Trinajstić information content (AvgIpc) is 2.20. The molecule has 15 heavy (non-hydrogen) atoms. The summed E-state index contributed by atoms with van der Waals surface area (Å²) in [6, 6.07) is 0. The zero-order valence-corrected chi connectivity index (χ0v) is 11.3. The molecule has 0 heterocycles. The van der Waals surface area contributed by atoms with Crippen LogP contribution in [-0.2, 0) is 4.79 Å². The smallest absolute Gasteiger partial charge is 0.222 e. The minimum atomic E-state index is 0.0972. The lowest BCUT2D eigenvalue weighted by Gasteiger charge is -1.98. The first-order valence-electron chi connectivity index (χ1n) is 5.48. The quantitative estimate of drug-likeness (QED) is 0.745. The van der Waals surface area contributed by atoms with Gasteiger partial charge in [-0.2, -0.15) is 0 Å². The average molecular weight is 216 g/mol. The van der Waals surface area contributed by atoms with Crippen LogP contribution in [0.15, 0.2) is 12.3 Å². The highest BCUT2D eigenvalue weighted by Crippen LogP contribution is 1.95. The second kappa shape index (κ2) is 13.0. The molecule has 0 bridgehead atoms. The maximum Gasteiger partial charge on any atom is 0.222 e. The van der Waals surface area contributed by atoms with Crippen molar-refractivity contribution >= 4 is 5.91 Å². The summed E-state index contributed by atoms with van der Waals surface area (Å²) in [6.45, 7) is 15.3. The van der Waals surface area contributed by atoms with Crippen LogP contribution < -0.4 is 11.1 Å². The van der Waals surface area contributed by atoms with Gasteiger partial charge in [0.05, 0.1) is 0 Å². The molecule has 0 saturated heterocycles. The van der Waals surface area contributed by atoms with E-state index in [1.165, 1.54) is 0 Å². The van der Waals surface area contributed by atoms with E-state index in [9.17, 15) is 4.79 Å². The molecule has 0 spiro atoms. The Morgan fingerprint density at radius 3 is 1.40 bits per heavy atom. The molecule has 0 radical (unpaired) electrons. The molecule has 0 aromatic carbocycles. The maximum absolute atomic E-state index is 10.4. The first-order chi connectivity index (χ1) is 6.82. The van der Waals surface area contributed by atoms with E-state index in [0.29, 0.717) is 5.92 Å². The second-order valence-corrected chi connectivity index (χ2v) is 3.50. The minimum absolute atomic E-state index is 0.0972. The monoisotopic (exact) mass is 216 g/mol. The molecule has 0 aromatic rings. The summed E-state index contributed by atoms with van der Waals surface area (Å²) in [6.07, 6.45) is 0. The van der Waals surface area contributed by atoms with Gasteiger partial charge in [0.1, 0.15) is 0 Å². The predicted molar refractivity (Wildman–Crippen MR) is 68.4 cm³/mol. The van der Waals surface area contributed by atoms with Crippen molar-refractivity contribution in [2.24, 2.45) is 17.6 Å². The van der Waals surface area contributed by atoms with Crippen molar-refractivity contribution in [1.82, 2.24) is 5.32 Å². The number of hydrogen-bond acceptors (Lipinski definition) is 2. The first kappa shape index (κ1) is 19.6. The molecule has 3 nitrogen and oxygen atoms in total. The topological polar surface area (TPSA) is 55.1 Å². The van der Waals surface area contributed by atoms with Gasteiger partial charge in [-0.25, -0.2) is 0 Å². The van der Waals surface area contributed by atoms with Crippen LogP contribution in [-0.4, -0.2) is 13.0 Å². The summed E-state index contributed by atoms with van der Waals surface area (Å²) in [5, 5.41) is 2.53. The molecule has 0 unspecified atom stereocenters. The van der Waals surface area contributed by atoms with E-state index in [1.807, 2.05) is 41.5 Å². The van der Waals surface area contributed by atoms with Crippen LogP contribution in [0.4, 0.5) is 0 Å². The van der Waals surface area contributed by atoms with Crippen molar-refractivity contribution in [1.29, 1.82) is 0 Å². The van der Waals surface area contributed by atoms with Gasteiger partial charge in [0.2, 0.25) is 5.91 Å². The van der Waals surface area contributed by atoms with Crippen LogP contribution in [0.2, 0.25) is 0 Å². The van der Waals surface area contributed by atoms with Crippen molar-refractivity contribution < 1.29 is 4.79 Å². The standard InChI is InChI=1S/C5H11NO.C5H11N.C2H6/c1-4(2)5(7)6-3;1-4(2)5(3)6;1-2/h4H,1-3H3,(H,6,7);4H,3,6H2,1-2H3;1-2H3. The Balaban J connectivity index is -0.000000166. The molecule has 1 amide bonds. The molecule has 0 rings (SSSR count). The van der Waals surface area contributed by atoms with Crippen LogP contribution in [0.1, 0.15) is 41.5 Å². The Labute approximate surface area is 95.1 Å². The molecule has 0 aliphatic carbocycles. The van der Waals surface area contributed by atoms with Crippen molar-refractivity contribution in [2.45, 2.75) is 41.5 Å². The molecule has 0 saturated carbocycles. The third kappa shape index (κ3) is 19.4. The fourth-order valence-electron chi connectivity index (χ4n) is 0.289. The van der Waals surface area contributed by atoms with Gasteiger partial charge in [-0.1, -0.05) is 48.1 Å².